The first-order chi connectivity index (χ1) is 37.2. The number of unbranched alkanes of at least 4 members (excludes halogenated alkanes) is 31. The van der Waals surface area contributed by atoms with E-state index < -0.39 is 57.8 Å². The largest absolute Gasteiger partial charge is 0.472 e. The van der Waals surface area contributed by atoms with Crippen molar-refractivity contribution in [3.63, 3.8) is 0 Å². The molecule has 0 aromatic heterocycles. The minimum atomic E-state index is -4.76. The van der Waals surface area contributed by atoms with E-state index >= 15 is 0 Å². The first-order valence-corrected chi connectivity index (χ1v) is 32.7. The zero-order valence-electron chi connectivity index (χ0n) is 49.0. The van der Waals surface area contributed by atoms with Gasteiger partial charge in [0, 0.05) is 19.3 Å². The van der Waals surface area contributed by atoms with E-state index in [1.54, 1.807) is 0 Å². The van der Waals surface area contributed by atoms with Gasteiger partial charge < -0.3 is 24.2 Å². The predicted molar refractivity (Wildman–Crippen MR) is 316 cm³/mol. The smallest absolute Gasteiger partial charge is 0.462 e. The topological polar surface area (TPSA) is 155 Å². The van der Waals surface area contributed by atoms with Crippen molar-refractivity contribution in [1.82, 2.24) is 0 Å². The lowest BCUT2D eigenvalue weighted by atomic mass is 10.0. The van der Waals surface area contributed by atoms with Crippen molar-refractivity contribution >= 4 is 25.7 Å². The number of esters is 3. The molecule has 12 heteroatoms. The molecule has 3 atom stereocenters. The van der Waals surface area contributed by atoms with Crippen LogP contribution in [0, 0.1) is 0 Å². The lowest BCUT2D eigenvalue weighted by molar-refractivity contribution is -0.161. The van der Waals surface area contributed by atoms with E-state index in [1.165, 1.54) is 148 Å². The van der Waals surface area contributed by atoms with E-state index in [0.29, 0.717) is 19.3 Å². The maximum absolute atomic E-state index is 12.9. The highest BCUT2D eigenvalue weighted by Gasteiger charge is 2.28. The molecule has 442 valence electrons. The normalized spacial score (nSPS) is 13.7. The van der Waals surface area contributed by atoms with Gasteiger partial charge in [0.15, 0.2) is 6.10 Å². The van der Waals surface area contributed by atoms with Gasteiger partial charge in [-0.3, -0.25) is 23.4 Å². The molecule has 0 saturated carbocycles. The number of aliphatic hydroxyl groups is 1. The molecule has 3 unspecified atom stereocenters. The maximum atomic E-state index is 12.9. The molecular weight excluding hydrogens is 976 g/mol. The highest BCUT2D eigenvalue weighted by atomic mass is 31.2. The number of aliphatic hydroxyl groups excluding tert-OH is 1. The lowest BCUT2D eigenvalue weighted by Crippen LogP contribution is -2.30. The van der Waals surface area contributed by atoms with Gasteiger partial charge in [-0.05, 0) is 83.5 Å². The fourth-order valence-electron chi connectivity index (χ4n) is 8.70. The van der Waals surface area contributed by atoms with E-state index in [9.17, 15) is 28.9 Å². The summed E-state index contributed by atoms with van der Waals surface area (Å²) in [5.41, 5.74) is 0. The summed E-state index contributed by atoms with van der Waals surface area (Å²) >= 11 is 0. The molecule has 0 amide bonds. The van der Waals surface area contributed by atoms with Crippen LogP contribution in [0.1, 0.15) is 290 Å². The van der Waals surface area contributed by atoms with Crippen molar-refractivity contribution in [3.8, 4) is 0 Å². The van der Waals surface area contributed by atoms with E-state index in [-0.39, 0.29) is 25.9 Å². The Labute approximate surface area is 465 Å². The van der Waals surface area contributed by atoms with Crippen LogP contribution in [0.4, 0.5) is 0 Å². The number of rotatable bonds is 58. The lowest BCUT2D eigenvalue weighted by Gasteiger charge is -2.21. The molecule has 0 bridgehead atoms. The van der Waals surface area contributed by atoms with Crippen molar-refractivity contribution in [2.45, 2.75) is 303 Å². The molecule has 0 saturated heterocycles. The second-order valence-electron chi connectivity index (χ2n) is 20.8. The van der Waals surface area contributed by atoms with Gasteiger partial charge in [-0.2, -0.15) is 0 Å². The van der Waals surface area contributed by atoms with Crippen LogP contribution >= 0.6 is 7.82 Å². The van der Waals surface area contributed by atoms with Gasteiger partial charge in [0.2, 0.25) is 0 Å². The number of hydrogen-bond donors (Lipinski definition) is 2. The SMILES string of the molecule is CC/C=C\C/C=C\C/C=C\C/C=C\CCCCC(=O)OC(CO)COP(=O)(O)OCC(COC(=O)CCCCCCCCCCCCCCCCCCC)OC(=O)CCCCCCCCC/C=C\CCCCCCCC. The summed E-state index contributed by atoms with van der Waals surface area (Å²) in [6.07, 6.45) is 64.6. The van der Waals surface area contributed by atoms with Gasteiger partial charge in [-0.15, -0.1) is 0 Å². The summed E-state index contributed by atoms with van der Waals surface area (Å²) in [4.78, 5) is 48.7. The number of phosphoric acid groups is 1. The van der Waals surface area contributed by atoms with Crippen LogP contribution in [0.25, 0.3) is 0 Å². The Bertz CT molecular complexity index is 1510. The molecule has 11 nitrogen and oxygen atoms in total. The van der Waals surface area contributed by atoms with Crippen molar-refractivity contribution < 1.29 is 52.2 Å². The number of carbonyl (C=O) groups excluding carboxylic acids is 3. The monoisotopic (exact) mass is 1090 g/mol. The van der Waals surface area contributed by atoms with Crippen LogP contribution < -0.4 is 0 Å². The highest BCUT2D eigenvalue weighted by molar-refractivity contribution is 7.47. The standard InChI is InChI=1S/C64H115O11P/c1-4-7-10-13-16-19-22-25-28-30-33-35-38-41-44-47-50-53-62(66)71-57-61(75-64(68)55-52-49-46-43-40-37-34-31-29-26-23-20-17-14-11-8-5-2)59-73-76(69,70)72-58-60(56-65)74-63(67)54-51-48-45-42-39-36-32-27-24-21-18-15-12-9-6-3/h9,12,18,21,26-27,29,32,39,42,60-61,65H,4-8,10-11,13-17,19-20,22-25,28,30-31,33-38,40-41,43-59H2,1-3H3,(H,69,70)/b12-9-,21-18-,29-26-,32-27-,42-39-. The fourth-order valence-corrected chi connectivity index (χ4v) is 9.48. The molecule has 0 aromatic rings. The average Bonchev–Trinajstić information content (AvgIpc) is 3.41. The van der Waals surface area contributed by atoms with E-state index in [2.05, 4.69) is 81.5 Å². The summed E-state index contributed by atoms with van der Waals surface area (Å²) in [7, 11) is -4.76. The number of allylic oxidation sites excluding steroid dienone is 10. The van der Waals surface area contributed by atoms with Gasteiger partial charge in [0.1, 0.15) is 12.7 Å². The average molecular weight is 1090 g/mol. The molecular formula is C64H115O11P. The summed E-state index contributed by atoms with van der Waals surface area (Å²) < 4.78 is 39.6. The molecule has 0 aliphatic carbocycles. The summed E-state index contributed by atoms with van der Waals surface area (Å²) in [5.74, 6) is -1.50. The van der Waals surface area contributed by atoms with Crippen LogP contribution in [-0.2, 0) is 42.2 Å². The number of hydrogen-bond acceptors (Lipinski definition) is 10. The van der Waals surface area contributed by atoms with Gasteiger partial charge in [-0.1, -0.05) is 248 Å². The van der Waals surface area contributed by atoms with Gasteiger partial charge in [0.25, 0.3) is 0 Å². The Hall–Kier alpha value is -2.82. The summed E-state index contributed by atoms with van der Waals surface area (Å²) in [5, 5.41) is 9.82. The highest BCUT2D eigenvalue weighted by Crippen LogP contribution is 2.43. The van der Waals surface area contributed by atoms with E-state index in [4.69, 9.17) is 23.3 Å². The van der Waals surface area contributed by atoms with Crippen LogP contribution in [0.2, 0.25) is 0 Å². The van der Waals surface area contributed by atoms with Crippen molar-refractivity contribution in [3.05, 3.63) is 60.8 Å². The fraction of sp³-hybridized carbons (Fsp3) is 0.797. The van der Waals surface area contributed by atoms with Gasteiger partial charge in [0.05, 0.1) is 19.8 Å². The third-order valence-corrected chi connectivity index (χ3v) is 14.4. The quantitative estimate of drug-likeness (QED) is 0.0197. The minimum absolute atomic E-state index is 0.125. The third kappa shape index (κ3) is 55.9. The first kappa shape index (κ1) is 73.2. The van der Waals surface area contributed by atoms with Crippen LogP contribution in [0.15, 0.2) is 60.8 Å². The van der Waals surface area contributed by atoms with E-state index in [0.717, 1.165) is 83.5 Å². The Morgan fingerprint density at radius 3 is 1.09 bits per heavy atom. The molecule has 0 rings (SSSR count). The molecule has 0 radical (unpaired) electrons. The summed E-state index contributed by atoms with van der Waals surface area (Å²) in [6.45, 7) is 4.52. The minimum Gasteiger partial charge on any atom is -0.462 e. The first-order valence-electron chi connectivity index (χ1n) is 31.2. The Kier molecular flexibility index (Phi) is 56.2. The van der Waals surface area contributed by atoms with Crippen molar-refractivity contribution in [2.24, 2.45) is 0 Å². The molecule has 0 spiro atoms. The molecule has 2 N–H and O–H groups in total. The maximum Gasteiger partial charge on any atom is 0.472 e. The summed E-state index contributed by atoms with van der Waals surface area (Å²) in [6, 6.07) is 0. The molecule has 0 aromatic carbocycles. The predicted octanol–water partition coefficient (Wildman–Crippen LogP) is 18.7. The van der Waals surface area contributed by atoms with Crippen LogP contribution in [-0.4, -0.2) is 66.5 Å². The molecule has 76 heavy (non-hydrogen) atoms. The number of ether oxygens (including phenoxy) is 3. The third-order valence-electron chi connectivity index (χ3n) is 13.4. The second-order valence-corrected chi connectivity index (χ2v) is 22.3. The van der Waals surface area contributed by atoms with Crippen LogP contribution in [0.5, 0.6) is 0 Å². The van der Waals surface area contributed by atoms with Crippen molar-refractivity contribution in [1.29, 1.82) is 0 Å². The van der Waals surface area contributed by atoms with Crippen molar-refractivity contribution in [2.75, 3.05) is 26.4 Å². The number of phosphoric ester groups is 1. The van der Waals surface area contributed by atoms with Crippen LogP contribution in [0.3, 0.4) is 0 Å². The second kappa shape index (κ2) is 58.3. The zero-order valence-corrected chi connectivity index (χ0v) is 49.9. The molecule has 0 aliphatic rings. The van der Waals surface area contributed by atoms with E-state index in [1.807, 2.05) is 0 Å². The van der Waals surface area contributed by atoms with Gasteiger partial charge in [-0.25, -0.2) is 4.57 Å². The Balaban J connectivity index is 4.73. The Morgan fingerprint density at radius 1 is 0.382 bits per heavy atom. The number of carbonyl (C=O) groups is 3. The molecule has 0 aliphatic heterocycles. The zero-order chi connectivity index (χ0) is 55.5. The molecule has 0 fully saturated rings. The molecule has 0 heterocycles. The Morgan fingerprint density at radius 2 is 0.684 bits per heavy atom. The van der Waals surface area contributed by atoms with Gasteiger partial charge >= 0.3 is 25.7 Å².